The van der Waals surface area contributed by atoms with Gasteiger partial charge in [0.2, 0.25) is 5.91 Å². The third-order valence-electron chi connectivity index (χ3n) is 1.90. The highest BCUT2D eigenvalue weighted by Crippen LogP contribution is 2.21. The van der Waals surface area contributed by atoms with Crippen LogP contribution in [0, 0.1) is 5.41 Å². The van der Waals surface area contributed by atoms with E-state index in [2.05, 4.69) is 4.74 Å². The molecule has 0 fully saturated rings. The van der Waals surface area contributed by atoms with Crippen LogP contribution in [0.1, 0.15) is 34.1 Å². The van der Waals surface area contributed by atoms with Gasteiger partial charge in [0.15, 0.2) is 0 Å². The molecule has 0 rings (SSSR count). The fourth-order valence-electron chi connectivity index (χ4n) is 0.536. The van der Waals surface area contributed by atoms with Crippen molar-refractivity contribution >= 4 is 18.0 Å². The van der Waals surface area contributed by atoms with E-state index in [1.54, 1.807) is 13.8 Å². The van der Waals surface area contributed by atoms with Crippen molar-refractivity contribution in [2.45, 2.75) is 34.1 Å². The number of imide groups is 1. The van der Waals surface area contributed by atoms with Gasteiger partial charge in [-0.1, -0.05) is 6.92 Å². The second kappa shape index (κ2) is 4.74. The fraction of sp³-hybridized carbons (Fsp3) is 0.667. The van der Waals surface area contributed by atoms with E-state index in [9.17, 15) is 14.4 Å². The molecule has 0 aromatic carbocycles. The standard InChI is InChI=1S/C9H15NO4/c1-5-9(3,4)7(12)14-8(13)10-6(2)11/h5H2,1-4H3,(H,10,11,13). The maximum absolute atomic E-state index is 11.3. The topological polar surface area (TPSA) is 72.5 Å². The highest BCUT2D eigenvalue weighted by atomic mass is 16.6. The lowest BCUT2D eigenvalue weighted by atomic mass is 9.91. The van der Waals surface area contributed by atoms with Gasteiger partial charge in [0, 0.05) is 6.92 Å². The minimum atomic E-state index is -1.02. The summed E-state index contributed by atoms with van der Waals surface area (Å²) < 4.78 is 4.41. The largest absolute Gasteiger partial charge is 0.421 e. The summed E-state index contributed by atoms with van der Waals surface area (Å²) in [4.78, 5) is 32.6. The Kier molecular flexibility index (Phi) is 4.27. The van der Waals surface area contributed by atoms with Gasteiger partial charge in [0.1, 0.15) is 0 Å². The van der Waals surface area contributed by atoms with Crippen LogP contribution in [0.15, 0.2) is 0 Å². The van der Waals surface area contributed by atoms with Gasteiger partial charge in [-0.15, -0.1) is 0 Å². The molecule has 0 aliphatic carbocycles. The van der Waals surface area contributed by atoms with Crippen LogP contribution in [0.3, 0.4) is 0 Å². The maximum atomic E-state index is 11.3. The Balaban J connectivity index is 4.20. The van der Waals surface area contributed by atoms with Crippen molar-refractivity contribution in [2.75, 3.05) is 0 Å². The predicted octanol–water partition coefficient (Wildman–Crippen LogP) is 1.22. The number of amides is 2. The Hall–Kier alpha value is -1.39. The number of alkyl carbamates (subject to hydrolysis) is 1. The Morgan fingerprint density at radius 1 is 1.29 bits per heavy atom. The lowest BCUT2D eigenvalue weighted by Gasteiger charge is -2.18. The Morgan fingerprint density at radius 3 is 2.14 bits per heavy atom. The fourth-order valence-corrected chi connectivity index (χ4v) is 0.536. The van der Waals surface area contributed by atoms with E-state index in [-0.39, 0.29) is 0 Å². The molecule has 0 unspecified atom stereocenters. The molecule has 0 bridgehead atoms. The first-order chi connectivity index (χ1) is 6.29. The summed E-state index contributed by atoms with van der Waals surface area (Å²) in [6.45, 7) is 6.30. The normalized spacial score (nSPS) is 10.6. The molecule has 1 N–H and O–H groups in total. The van der Waals surface area contributed by atoms with Crippen LogP contribution >= 0.6 is 0 Å². The third kappa shape index (κ3) is 4.02. The zero-order chi connectivity index (χ0) is 11.4. The molecular formula is C9H15NO4. The molecule has 0 spiro atoms. The number of rotatable bonds is 2. The Labute approximate surface area is 82.8 Å². The summed E-state index contributed by atoms with van der Waals surface area (Å²) in [6, 6.07) is 0. The van der Waals surface area contributed by atoms with Crippen LogP contribution in [-0.4, -0.2) is 18.0 Å². The molecule has 0 aliphatic heterocycles. The summed E-state index contributed by atoms with van der Waals surface area (Å²) in [6.07, 6.45) is -0.469. The van der Waals surface area contributed by atoms with E-state index >= 15 is 0 Å². The number of esters is 1. The summed E-state index contributed by atoms with van der Waals surface area (Å²) in [7, 11) is 0. The molecule has 0 aromatic rings. The molecule has 0 aromatic heterocycles. The van der Waals surface area contributed by atoms with Gasteiger partial charge >= 0.3 is 12.1 Å². The molecule has 14 heavy (non-hydrogen) atoms. The zero-order valence-electron chi connectivity index (χ0n) is 8.84. The molecule has 2 amide bonds. The number of hydrogen-bond donors (Lipinski definition) is 1. The summed E-state index contributed by atoms with van der Waals surface area (Å²) in [5, 5.41) is 1.85. The van der Waals surface area contributed by atoms with Crippen LogP contribution < -0.4 is 5.32 Å². The summed E-state index contributed by atoms with van der Waals surface area (Å²) in [5.41, 5.74) is -0.714. The number of nitrogens with one attached hydrogen (secondary N) is 1. The van der Waals surface area contributed by atoms with Crippen molar-refractivity contribution in [2.24, 2.45) is 5.41 Å². The first-order valence-corrected chi connectivity index (χ1v) is 4.33. The molecule has 0 radical (unpaired) electrons. The van der Waals surface area contributed by atoms with Crippen molar-refractivity contribution in [1.29, 1.82) is 0 Å². The van der Waals surface area contributed by atoms with Crippen LogP contribution in [0.25, 0.3) is 0 Å². The van der Waals surface area contributed by atoms with E-state index < -0.39 is 23.4 Å². The highest BCUT2D eigenvalue weighted by molar-refractivity contribution is 5.96. The van der Waals surface area contributed by atoms with Gasteiger partial charge in [-0.25, -0.2) is 4.79 Å². The maximum Gasteiger partial charge on any atom is 0.421 e. The number of carbonyl (C=O) groups excluding carboxylic acids is 3. The van der Waals surface area contributed by atoms with E-state index in [0.29, 0.717) is 6.42 Å². The van der Waals surface area contributed by atoms with Gasteiger partial charge < -0.3 is 4.74 Å². The summed E-state index contributed by atoms with van der Waals surface area (Å²) in [5.74, 6) is -1.20. The second-order valence-electron chi connectivity index (χ2n) is 3.60. The van der Waals surface area contributed by atoms with E-state index in [1.807, 2.05) is 12.2 Å². The monoisotopic (exact) mass is 201 g/mol. The van der Waals surface area contributed by atoms with Gasteiger partial charge in [0.25, 0.3) is 0 Å². The van der Waals surface area contributed by atoms with Gasteiger partial charge in [-0.05, 0) is 20.3 Å². The van der Waals surface area contributed by atoms with E-state index in [4.69, 9.17) is 0 Å². The SMILES string of the molecule is CCC(C)(C)C(=O)OC(=O)NC(C)=O. The molecule has 5 heteroatoms. The van der Waals surface area contributed by atoms with Crippen LogP contribution in [0.2, 0.25) is 0 Å². The smallest absolute Gasteiger partial charge is 0.376 e. The average Bonchev–Trinajstić information content (AvgIpc) is 2.02. The predicted molar refractivity (Wildman–Crippen MR) is 49.4 cm³/mol. The van der Waals surface area contributed by atoms with E-state index in [1.165, 1.54) is 0 Å². The molecule has 5 nitrogen and oxygen atoms in total. The van der Waals surface area contributed by atoms with Crippen molar-refractivity contribution in [3.63, 3.8) is 0 Å². The van der Waals surface area contributed by atoms with Crippen LogP contribution in [-0.2, 0) is 14.3 Å². The number of hydrogen-bond acceptors (Lipinski definition) is 4. The molecule has 0 aliphatic rings. The molecular weight excluding hydrogens is 186 g/mol. The molecule has 80 valence electrons. The number of ether oxygens (including phenoxy) is 1. The first-order valence-electron chi connectivity index (χ1n) is 4.33. The van der Waals surface area contributed by atoms with Crippen molar-refractivity contribution < 1.29 is 19.1 Å². The minimum Gasteiger partial charge on any atom is -0.376 e. The summed E-state index contributed by atoms with van der Waals surface area (Å²) >= 11 is 0. The minimum absolute atomic E-state index is 0.555. The quantitative estimate of drug-likeness (QED) is 0.538. The zero-order valence-corrected chi connectivity index (χ0v) is 8.84. The second-order valence-corrected chi connectivity index (χ2v) is 3.60. The molecule has 0 saturated carbocycles. The average molecular weight is 201 g/mol. The lowest BCUT2D eigenvalue weighted by Crippen LogP contribution is -2.35. The Morgan fingerprint density at radius 2 is 1.79 bits per heavy atom. The van der Waals surface area contributed by atoms with Gasteiger partial charge in [-0.2, -0.15) is 0 Å². The van der Waals surface area contributed by atoms with Gasteiger partial charge in [-0.3, -0.25) is 14.9 Å². The van der Waals surface area contributed by atoms with E-state index in [0.717, 1.165) is 6.92 Å². The number of carbonyl (C=O) groups is 3. The first kappa shape index (κ1) is 12.6. The molecule has 0 heterocycles. The van der Waals surface area contributed by atoms with Gasteiger partial charge in [0.05, 0.1) is 5.41 Å². The van der Waals surface area contributed by atoms with Crippen LogP contribution in [0.5, 0.6) is 0 Å². The van der Waals surface area contributed by atoms with Crippen molar-refractivity contribution in [1.82, 2.24) is 5.32 Å². The molecule has 0 atom stereocenters. The molecule has 0 saturated heterocycles. The lowest BCUT2D eigenvalue weighted by molar-refractivity contribution is -0.147. The third-order valence-corrected chi connectivity index (χ3v) is 1.90. The van der Waals surface area contributed by atoms with Crippen molar-refractivity contribution in [3.05, 3.63) is 0 Å². The Bertz CT molecular complexity index is 258. The highest BCUT2D eigenvalue weighted by Gasteiger charge is 2.29. The van der Waals surface area contributed by atoms with Crippen molar-refractivity contribution in [3.8, 4) is 0 Å². The van der Waals surface area contributed by atoms with Crippen LogP contribution in [0.4, 0.5) is 4.79 Å².